The summed E-state index contributed by atoms with van der Waals surface area (Å²) in [6, 6.07) is 6.71. The number of nitrogens with zero attached hydrogens (tertiary/aromatic N) is 3. The summed E-state index contributed by atoms with van der Waals surface area (Å²) in [6.07, 6.45) is 3.98. The van der Waals surface area contributed by atoms with E-state index in [0.717, 1.165) is 38.3 Å². The molecule has 0 atom stereocenters. The van der Waals surface area contributed by atoms with Crippen molar-refractivity contribution in [3.05, 3.63) is 34.4 Å². The molecule has 0 aromatic heterocycles. The number of non-ortho nitro benzene ring substituents is 1. The molecular formula is C18H26N4O3. The number of hydrogen-bond acceptors (Lipinski definition) is 5. The Hall–Kier alpha value is -2.15. The SMILES string of the molecule is O=C(CCC1CCNCC1)N1CCN(c2cccc([N+](=O)[O-])c2)CC1. The van der Waals surface area contributed by atoms with E-state index in [1.54, 1.807) is 12.1 Å². The highest BCUT2D eigenvalue weighted by molar-refractivity contribution is 5.76. The normalized spacial score (nSPS) is 19.0. The first-order chi connectivity index (χ1) is 12.1. The van der Waals surface area contributed by atoms with Crippen molar-refractivity contribution in [3.8, 4) is 0 Å². The van der Waals surface area contributed by atoms with Gasteiger partial charge in [0, 0.05) is 50.4 Å². The van der Waals surface area contributed by atoms with E-state index in [4.69, 9.17) is 0 Å². The monoisotopic (exact) mass is 346 g/mol. The van der Waals surface area contributed by atoms with Crippen LogP contribution in [-0.4, -0.2) is 55.0 Å². The van der Waals surface area contributed by atoms with Crippen molar-refractivity contribution in [2.24, 2.45) is 5.92 Å². The average molecular weight is 346 g/mol. The number of carbonyl (C=O) groups excluding carboxylic acids is 1. The molecule has 1 amide bonds. The Morgan fingerprint density at radius 1 is 1.20 bits per heavy atom. The van der Waals surface area contributed by atoms with Crippen LogP contribution in [0.5, 0.6) is 0 Å². The van der Waals surface area contributed by atoms with Gasteiger partial charge in [0.15, 0.2) is 0 Å². The number of benzene rings is 1. The van der Waals surface area contributed by atoms with Crippen LogP contribution in [0.2, 0.25) is 0 Å². The number of nitrogens with one attached hydrogen (secondary N) is 1. The highest BCUT2D eigenvalue weighted by Crippen LogP contribution is 2.23. The summed E-state index contributed by atoms with van der Waals surface area (Å²) < 4.78 is 0. The molecule has 2 aliphatic heterocycles. The van der Waals surface area contributed by atoms with Crippen molar-refractivity contribution in [3.63, 3.8) is 0 Å². The van der Waals surface area contributed by atoms with Crippen molar-refractivity contribution in [1.29, 1.82) is 0 Å². The van der Waals surface area contributed by atoms with Crippen LogP contribution in [0.4, 0.5) is 11.4 Å². The Morgan fingerprint density at radius 2 is 1.92 bits per heavy atom. The second kappa shape index (κ2) is 8.29. The summed E-state index contributed by atoms with van der Waals surface area (Å²) in [6.45, 7) is 4.96. The first-order valence-corrected chi connectivity index (χ1v) is 9.11. The van der Waals surface area contributed by atoms with Crippen molar-refractivity contribution < 1.29 is 9.72 Å². The zero-order chi connectivity index (χ0) is 17.6. The molecule has 0 radical (unpaired) electrons. The number of nitro benzene ring substituents is 1. The molecule has 3 rings (SSSR count). The van der Waals surface area contributed by atoms with Gasteiger partial charge >= 0.3 is 0 Å². The number of anilines is 1. The zero-order valence-electron chi connectivity index (χ0n) is 14.5. The Balaban J connectivity index is 1.47. The van der Waals surface area contributed by atoms with E-state index in [2.05, 4.69) is 10.2 Å². The maximum absolute atomic E-state index is 12.4. The third kappa shape index (κ3) is 4.69. The summed E-state index contributed by atoms with van der Waals surface area (Å²) >= 11 is 0. The van der Waals surface area contributed by atoms with Gasteiger partial charge in [-0.3, -0.25) is 14.9 Å². The van der Waals surface area contributed by atoms with E-state index in [9.17, 15) is 14.9 Å². The van der Waals surface area contributed by atoms with Crippen molar-refractivity contribution in [2.45, 2.75) is 25.7 Å². The fraction of sp³-hybridized carbons (Fsp3) is 0.611. The van der Waals surface area contributed by atoms with Crippen LogP contribution in [0.1, 0.15) is 25.7 Å². The Morgan fingerprint density at radius 3 is 2.60 bits per heavy atom. The summed E-state index contributed by atoms with van der Waals surface area (Å²) in [5.74, 6) is 0.925. The second-order valence-electron chi connectivity index (χ2n) is 6.88. The van der Waals surface area contributed by atoms with Crippen molar-refractivity contribution >= 4 is 17.3 Å². The van der Waals surface area contributed by atoms with Gasteiger partial charge in [0.05, 0.1) is 4.92 Å². The lowest BCUT2D eigenvalue weighted by Crippen LogP contribution is -2.48. The Kier molecular flexibility index (Phi) is 5.86. The summed E-state index contributed by atoms with van der Waals surface area (Å²) in [5.41, 5.74) is 0.967. The van der Waals surface area contributed by atoms with E-state index in [0.29, 0.717) is 25.4 Å². The molecule has 1 aromatic rings. The molecule has 2 fully saturated rings. The molecule has 7 heteroatoms. The number of piperazine rings is 1. The van der Waals surface area contributed by atoms with E-state index in [1.165, 1.54) is 18.9 Å². The van der Waals surface area contributed by atoms with Gasteiger partial charge < -0.3 is 15.1 Å². The predicted molar refractivity (Wildman–Crippen MR) is 96.7 cm³/mol. The molecule has 1 N–H and O–H groups in total. The topological polar surface area (TPSA) is 78.7 Å². The smallest absolute Gasteiger partial charge is 0.271 e. The van der Waals surface area contributed by atoms with Crippen LogP contribution in [0, 0.1) is 16.0 Å². The largest absolute Gasteiger partial charge is 0.368 e. The predicted octanol–water partition coefficient (Wildman–Crippen LogP) is 2.02. The maximum atomic E-state index is 12.4. The minimum absolute atomic E-state index is 0.109. The molecule has 2 heterocycles. The number of carbonyl (C=O) groups is 1. The van der Waals surface area contributed by atoms with Crippen LogP contribution in [0.25, 0.3) is 0 Å². The molecule has 2 saturated heterocycles. The molecule has 0 saturated carbocycles. The van der Waals surface area contributed by atoms with Gasteiger partial charge in [0.25, 0.3) is 5.69 Å². The summed E-state index contributed by atoms with van der Waals surface area (Å²) in [7, 11) is 0. The van der Waals surface area contributed by atoms with Crippen LogP contribution in [-0.2, 0) is 4.79 Å². The standard InChI is InChI=1S/C18H26N4O3/c23-18(5-4-15-6-8-19-9-7-15)21-12-10-20(11-13-21)16-2-1-3-17(14-16)22(24)25/h1-3,14-15,19H,4-13H2. The molecule has 0 bridgehead atoms. The average Bonchev–Trinajstić information content (AvgIpc) is 2.67. The Bertz CT molecular complexity index is 608. The fourth-order valence-electron chi connectivity index (χ4n) is 3.67. The van der Waals surface area contributed by atoms with Gasteiger partial charge in [0.1, 0.15) is 0 Å². The molecular weight excluding hydrogens is 320 g/mol. The lowest BCUT2D eigenvalue weighted by molar-refractivity contribution is -0.384. The first kappa shape index (κ1) is 17.7. The number of piperidine rings is 1. The quantitative estimate of drug-likeness (QED) is 0.652. The van der Waals surface area contributed by atoms with E-state index >= 15 is 0 Å². The van der Waals surface area contributed by atoms with Crippen LogP contribution in [0.15, 0.2) is 24.3 Å². The van der Waals surface area contributed by atoms with E-state index < -0.39 is 0 Å². The number of nitro groups is 1. The zero-order valence-corrected chi connectivity index (χ0v) is 14.5. The lowest BCUT2D eigenvalue weighted by atomic mass is 9.93. The fourth-order valence-corrected chi connectivity index (χ4v) is 3.67. The molecule has 0 unspecified atom stereocenters. The van der Waals surface area contributed by atoms with Crippen LogP contribution < -0.4 is 10.2 Å². The molecule has 7 nitrogen and oxygen atoms in total. The van der Waals surface area contributed by atoms with Crippen molar-refractivity contribution in [2.75, 3.05) is 44.2 Å². The highest BCUT2D eigenvalue weighted by Gasteiger charge is 2.23. The third-order valence-corrected chi connectivity index (χ3v) is 5.26. The Labute approximate surface area is 148 Å². The van der Waals surface area contributed by atoms with Crippen molar-refractivity contribution in [1.82, 2.24) is 10.2 Å². The second-order valence-corrected chi connectivity index (χ2v) is 6.88. The van der Waals surface area contributed by atoms with Crippen LogP contribution in [0.3, 0.4) is 0 Å². The molecule has 25 heavy (non-hydrogen) atoms. The summed E-state index contributed by atoms with van der Waals surface area (Å²) in [4.78, 5) is 27.0. The van der Waals surface area contributed by atoms with Gasteiger partial charge in [-0.15, -0.1) is 0 Å². The molecule has 0 spiro atoms. The van der Waals surface area contributed by atoms with Gasteiger partial charge in [-0.25, -0.2) is 0 Å². The number of rotatable bonds is 5. The molecule has 136 valence electrons. The van der Waals surface area contributed by atoms with Crippen LogP contribution >= 0.6 is 0 Å². The van der Waals surface area contributed by atoms with E-state index in [-0.39, 0.29) is 16.5 Å². The van der Waals surface area contributed by atoms with Gasteiger partial charge in [0.2, 0.25) is 5.91 Å². The minimum atomic E-state index is -0.371. The number of amides is 1. The third-order valence-electron chi connectivity index (χ3n) is 5.26. The summed E-state index contributed by atoms with van der Waals surface area (Å²) in [5, 5.41) is 14.3. The molecule has 0 aliphatic carbocycles. The van der Waals surface area contributed by atoms with E-state index in [1.807, 2.05) is 11.0 Å². The highest BCUT2D eigenvalue weighted by atomic mass is 16.6. The maximum Gasteiger partial charge on any atom is 0.271 e. The lowest BCUT2D eigenvalue weighted by Gasteiger charge is -2.36. The van der Waals surface area contributed by atoms with Gasteiger partial charge in [-0.2, -0.15) is 0 Å². The van der Waals surface area contributed by atoms with Gasteiger partial charge in [-0.1, -0.05) is 6.07 Å². The molecule has 1 aromatic carbocycles. The number of hydrogen-bond donors (Lipinski definition) is 1. The minimum Gasteiger partial charge on any atom is -0.368 e. The van der Waals surface area contributed by atoms with Gasteiger partial charge in [-0.05, 0) is 44.3 Å². The first-order valence-electron chi connectivity index (χ1n) is 9.11. The molecule has 2 aliphatic rings.